The number of aryl methyl sites for hydroxylation is 1. The summed E-state index contributed by atoms with van der Waals surface area (Å²) in [6.07, 6.45) is 8.44. The molecule has 2 heterocycles. The number of nitrogens with zero attached hydrogens (tertiary/aromatic N) is 2. The van der Waals surface area contributed by atoms with Crippen molar-refractivity contribution in [3.05, 3.63) is 70.5 Å². The van der Waals surface area contributed by atoms with Crippen molar-refractivity contribution in [3.8, 4) is 0 Å². The lowest BCUT2D eigenvalue weighted by Gasteiger charge is -2.14. The third kappa shape index (κ3) is 5.52. The van der Waals surface area contributed by atoms with Crippen LogP contribution >= 0.6 is 11.3 Å². The molecule has 1 saturated carbocycles. The molecule has 0 radical (unpaired) electrons. The molecule has 1 aromatic carbocycles. The Hall–Kier alpha value is -2.95. The van der Waals surface area contributed by atoms with E-state index in [1.165, 1.54) is 12.4 Å². The second-order valence-corrected chi connectivity index (χ2v) is 10.1. The molecule has 0 bridgehead atoms. The molecule has 2 unspecified atom stereocenters. The number of hydrogen-bond donors (Lipinski definition) is 3. The van der Waals surface area contributed by atoms with Gasteiger partial charge >= 0.3 is 6.03 Å². The van der Waals surface area contributed by atoms with Gasteiger partial charge in [-0.3, -0.25) is 15.1 Å². The maximum atomic E-state index is 13.0. The molecule has 172 valence electrons. The molecule has 4 rings (SSSR count). The zero-order valence-electron chi connectivity index (χ0n) is 18.0. The largest absolute Gasteiger partial charge is 0.325 e. The Labute approximate surface area is 198 Å². The maximum Gasteiger partial charge on any atom is 0.325 e. The van der Waals surface area contributed by atoms with Crippen molar-refractivity contribution in [2.24, 2.45) is 5.92 Å². The van der Waals surface area contributed by atoms with Crippen molar-refractivity contribution in [3.63, 3.8) is 0 Å². The van der Waals surface area contributed by atoms with E-state index in [4.69, 9.17) is 0 Å². The van der Waals surface area contributed by atoms with E-state index in [2.05, 4.69) is 20.6 Å². The van der Waals surface area contributed by atoms with E-state index in [9.17, 15) is 18.4 Å². The first-order valence-electron chi connectivity index (χ1n) is 10.6. The highest BCUT2D eigenvalue weighted by Crippen LogP contribution is 2.33. The minimum Gasteiger partial charge on any atom is -0.307 e. The summed E-state index contributed by atoms with van der Waals surface area (Å²) in [4.78, 5) is 34.4. The van der Waals surface area contributed by atoms with Gasteiger partial charge in [0.2, 0.25) is 0 Å². The van der Waals surface area contributed by atoms with Gasteiger partial charge in [0, 0.05) is 34.9 Å². The average Bonchev–Trinajstić information content (AvgIpc) is 3.48. The van der Waals surface area contributed by atoms with Crippen LogP contribution in [0.15, 0.2) is 48.9 Å². The Morgan fingerprint density at radius 2 is 1.97 bits per heavy atom. The summed E-state index contributed by atoms with van der Waals surface area (Å²) in [6.45, 7) is 1.91. The summed E-state index contributed by atoms with van der Waals surface area (Å²) in [5, 5.41) is 4.87. The minimum atomic E-state index is -2.18. The Kier molecular flexibility index (Phi) is 7.26. The second-order valence-electron chi connectivity index (χ2n) is 7.98. The highest BCUT2D eigenvalue weighted by Gasteiger charge is 2.27. The fourth-order valence-electron chi connectivity index (χ4n) is 4.01. The van der Waals surface area contributed by atoms with Crippen LogP contribution in [0.25, 0.3) is 0 Å². The van der Waals surface area contributed by atoms with E-state index in [1.54, 1.807) is 24.4 Å². The Morgan fingerprint density at radius 3 is 2.67 bits per heavy atom. The van der Waals surface area contributed by atoms with Crippen molar-refractivity contribution in [2.75, 3.05) is 10.6 Å². The number of urea groups is 1. The zero-order chi connectivity index (χ0) is 23.4. The van der Waals surface area contributed by atoms with Crippen LogP contribution in [0, 0.1) is 12.8 Å². The van der Waals surface area contributed by atoms with Gasteiger partial charge in [0.15, 0.2) is 22.0 Å². The number of rotatable bonds is 7. The Balaban J connectivity index is 1.49. The quantitative estimate of drug-likeness (QED) is 0.314. The monoisotopic (exact) mass is 484 g/mol. The highest BCUT2D eigenvalue weighted by atomic mass is 32.2. The molecule has 0 spiro atoms. The predicted molar refractivity (Wildman–Crippen MR) is 129 cm³/mol. The standard InChI is InChI=1S/C23H24N4O4S2/c1-14-8-9-18(17(11-14)20(28)15-5-2-3-6-15)26-22(29)27-23-25-13-19(32-23)21(33(30)31)16-7-4-10-24-12-16/h4,7-13,15,21H,2-3,5-6H2,1H3,(H,30,31)(H2,25,26,27,29). The van der Waals surface area contributed by atoms with Crippen LogP contribution < -0.4 is 10.6 Å². The van der Waals surface area contributed by atoms with Gasteiger partial charge in [-0.05, 0) is 43.5 Å². The normalized spacial score (nSPS) is 15.7. The van der Waals surface area contributed by atoms with Crippen molar-refractivity contribution in [2.45, 2.75) is 37.9 Å². The predicted octanol–water partition coefficient (Wildman–Crippen LogP) is 5.17. The molecule has 3 aromatic rings. The first-order valence-corrected chi connectivity index (χ1v) is 12.6. The summed E-state index contributed by atoms with van der Waals surface area (Å²) in [5.41, 5.74) is 2.50. The van der Waals surface area contributed by atoms with Gasteiger partial charge in [0.25, 0.3) is 0 Å². The third-order valence-electron chi connectivity index (χ3n) is 5.61. The topological polar surface area (TPSA) is 121 Å². The van der Waals surface area contributed by atoms with Crippen molar-refractivity contribution in [1.82, 2.24) is 9.97 Å². The third-order valence-corrected chi connectivity index (χ3v) is 7.66. The van der Waals surface area contributed by atoms with Crippen LogP contribution in [0.1, 0.15) is 57.3 Å². The number of pyridine rings is 1. The van der Waals surface area contributed by atoms with E-state index in [0.717, 1.165) is 42.6 Å². The first-order chi connectivity index (χ1) is 15.9. The number of aromatic nitrogens is 2. The van der Waals surface area contributed by atoms with Gasteiger partial charge in [-0.25, -0.2) is 14.0 Å². The summed E-state index contributed by atoms with van der Waals surface area (Å²) in [7, 11) is 0. The number of nitrogens with one attached hydrogen (secondary N) is 2. The van der Waals surface area contributed by atoms with Crippen molar-refractivity contribution >= 4 is 45.1 Å². The van der Waals surface area contributed by atoms with Crippen molar-refractivity contribution in [1.29, 1.82) is 0 Å². The average molecular weight is 485 g/mol. The lowest BCUT2D eigenvalue weighted by atomic mass is 9.94. The molecule has 0 saturated heterocycles. The fourth-order valence-corrected chi connectivity index (χ4v) is 5.85. The van der Waals surface area contributed by atoms with Gasteiger partial charge in [-0.15, -0.1) is 0 Å². The number of carbonyl (C=O) groups excluding carboxylic acids is 2. The number of thiazole rings is 1. The number of anilines is 2. The van der Waals surface area contributed by atoms with Gasteiger partial charge in [0.1, 0.15) is 5.25 Å². The zero-order valence-corrected chi connectivity index (χ0v) is 19.6. The summed E-state index contributed by atoms with van der Waals surface area (Å²) in [5.74, 6) is 0.0634. The van der Waals surface area contributed by atoms with Crippen molar-refractivity contribution < 1.29 is 18.4 Å². The van der Waals surface area contributed by atoms with Crippen LogP contribution in [0.4, 0.5) is 15.6 Å². The molecule has 1 aliphatic carbocycles. The lowest BCUT2D eigenvalue weighted by molar-refractivity contribution is 0.0923. The smallest absolute Gasteiger partial charge is 0.307 e. The molecule has 0 aliphatic heterocycles. The number of benzene rings is 1. The molecule has 1 aliphatic rings. The number of amides is 2. The molecular weight excluding hydrogens is 460 g/mol. The molecule has 33 heavy (non-hydrogen) atoms. The molecule has 3 N–H and O–H groups in total. The number of carbonyl (C=O) groups is 2. The maximum absolute atomic E-state index is 13.0. The minimum absolute atomic E-state index is 0.000642. The molecule has 2 atom stereocenters. The highest BCUT2D eigenvalue weighted by molar-refractivity contribution is 7.79. The van der Waals surface area contributed by atoms with Crippen LogP contribution in [0.5, 0.6) is 0 Å². The molecule has 2 amide bonds. The molecule has 10 heteroatoms. The number of hydrogen-bond acceptors (Lipinski definition) is 6. The fraction of sp³-hybridized carbons (Fsp3) is 0.304. The van der Waals surface area contributed by atoms with Crippen LogP contribution in [-0.4, -0.2) is 30.5 Å². The van der Waals surface area contributed by atoms with Gasteiger partial charge in [-0.2, -0.15) is 0 Å². The van der Waals surface area contributed by atoms with Crippen LogP contribution in [0.3, 0.4) is 0 Å². The lowest BCUT2D eigenvalue weighted by Crippen LogP contribution is -2.22. The van der Waals surface area contributed by atoms with E-state index in [-0.39, 0.29) is 16.8 Å². The van der Waals surface area contributed by atoms with E-state index < -0.39 is 22.4 Å². The van der Waals surface area contributed by atoms with Gasteiger partial charge < -0.3 is 9.87 Å². The number of Topliss-reactive ketones (excluding diaryl/α,β-unsaturated/α-hetero) is 1. The van der Waals surface area contributed by atoms with Gasteiger partial charge in [0.05, 0.1) is 5.69 Å². The van der Waals surface area contributed by atoms with Crippen LogP contribution in [-0.2, 0) is 11.1 Å². The SMILES string of the molecule is Cc1ccc(NC(=O)Nc2ncc(C(c3cccnc3)S(=O)O)s2)c(C(=O)C2CCCC2)c1. The van der Waals surface area contributed by atoms with Gasteiger partial charge in [-0.1, -0.05) is 41.9 Å². The summed E-state index contributed by atoms with van der Waals surface area (Å²) in [6, 6.07) is 8.26. The summed E-state index contributed by atoms with van der Waals surface area (Å²) >= 11 is -1.08. The first kappa shape index (κ1) is 23.2. The molecule has 8 nitrogen and oxygen atoms in total. The summed E-state index contributed by atoms with van der Waals surface area (Å²) < 4.78 is 21.7. The molecule has 1 fully saturated rings. The molecule has 2 aromatic heterocycles. The Morgan fingerprint density at radius 1 is 1.18 bits per heavy atom. The number of ketones is 1. The van der Waals surface area contributed by atoms with Crippen LogP contribution in [0.2, 0.25) is 0 Å². The van der Waals surface area contributed by atoms with E-state index >= 15 is 0 Å². The molecular formula is C23H24N4O4S2. The van der Waals surface area contributed by atoms with E-state index in [1.807, 2.05) is 19.1 Å². The second kappa shape index (κ2) is 10.3. The Bertz CT molecular complexity index is 1180. The van der Waals surface area contributed by atoms with E-state index in [0.29, 0.717) is 21.7 Å².